The fourth-order valence-corrected chi connectivity index (χ4v) is 2.96. The van der Waals surface area contributed by atoms with Crippen molar-refractivity contribution >= 4 is 0 Å². The molecule has 0 radical (unpaired) electrons. The Hall–Kier alpha value is -2.74. The smallest absolute Gasteiger partial charge is 0.115 e. The Kier molecular flexibility index (Phi) is 4.07. The molecule has 3 aromatic rings. The van der Waals surface area contributed by atoms with Crippen molar-refractivity contribution in [2.24, 2.45) is 0 Å². The van der Waals surface area contributed by atoms with Crippen molar-refractivity contribution in [3.8, 4) is 11.5 Å². The lowest BCUT2D eigenvalue weighted by atomic mass is 9.82. The molecule has 3 rings (SSSR count). The van der Waals surface area contributed by atoms with E-state index in [-0.39, 0.29) is 17.4 Å². The van der Waals surface area contributed by atoms with Gasteiger partial charge in [-0.3, -0.25) is 0 Å². The van der Waals surface area contributed by atoms with Crippen molar-refractivity contribution in [3.63, 3.8) is 0 Å². The maximum absolute atomic E-state index is 9.58. The number of rotatable bonds is 3. The fourth-order valence-electron chi connectivity index (χ4n) is 2.96. The summed E-state index contributed by atoms with van der Waals surface area (Å²) in [4.78, 5) is 0. The Bertz CT molecular complexity index is 757. The van der Waals surface area contributed by atoms with Gasteiger partial charge in [-0.15, -0.1) is 0 Å². The monoisotopic (exact) mass is 304 g/mol. The number of phenols is 2. The fraction of sp³-hybridized carbons (Fsp3) is 0.143. The second-order valence-electron chi connectivity index (χ2n) is 5.98. The van der Waals surface area contributed by atoms with E-state index < -0.39 is 0 Å². The van der Waals surface area contributed by atoms with Gasteiger partial charge in [-0.1, -0.05) is 48.0 Å². The molecule has 2 nitrogen and oxygen atoms in total. The van der Waals surface area contributed by atoms with E-state index in [9.17, 15) is 10.2 Å². The molecular formula is C21H20O2. The number of hydrogen-bond donors (Lipinski definition) is 2. The van der Waals surface area contributed by atoms with Crippen LogP contribution in [0.4, 0.5) is 0 Å². The molecule has 0 spiro atoms. The molecule has 0 saturated heterocycles. The van der Waals surface area contributed by atoms with Gasteiger partial charge in [-0.2, -0.15) is 0 Å². The van der Waals surface area contributed by atoms with Crippen molar-refractivity contribution in [3.05, 3.63) is 94.5 Å². The highest BCUT2D eigenvalue weighted by molar-refractivity contribution is 5.48. The minimum atomic E-state index is 0.0658. The van der Waals surface area contributed by atoms with Crippen LogP contribution >= 0.6 is 0 Å². The molecule has 2 heteroatoms. The Morgan fingerprint density at radius 2 is 1.13 bits per heavy atom. The molecular weight excluding hydrogens is 284 g/mol. The van der Waals surface area contributed by atoms with E-state index in [1.165, 1.54) is 16.7 Å². The second kappa shape index (κ2) is 6.17. The average Bonchev–Trinajstić information content (AvgIpc) is 2.54. The molecule has 0 saturated carbocycles. The predicted molar refractivity (Wildman–Crippen MR) is 93.1 cm³/mol. The van der Waals surface area contributed by atoms with E-state index in [2.05, 4.69) is 32.0 Å². The minimum absolute atomic E-state index is 0.0658. The zero-order chi connectivity index (χ0) is 16.4. The van der Waals surface area contributed by atoms with Crippen LogP contribution in [-0.4, -0.2) is 10.2 Å². The molecule has 0 atom stereocenters. The normalized spacial score (nSPS) is 10.9. The molecule has 0 aliphatic heterocycles. The zero-order valence-corrected chi connectivity index (χ0v) is 13.3. The third-order valence-electron chi connectivity index (χ3n) is 4.20. The lowest BCUT2D eigenvalue weighted by Gasteiger charge is -2.21. The zero-order valence-electron chi connectivity index (χ0n) is 13.3. The quantitative estimate of drug-likeness (QED) is 0.676. The van der Waals surface area contributed by atoms with Gasteiger partial charge in [-0.05, 0) is 60.4 Å². The standard InChI is InChI=1S/C21H20O2/c1-14-3-4-15(2)20(13-14)21(16-5-9-18(22)10-6-16)17-7-11-19(23)12-8-17/h3-13,21-23H,1-2H3. The largest absolute Gasteiger partial charge is 0.508 e. The Morgan fingerprint density at radius 3 is 1.61 bits per heavy atom. The molecule has 0 bridgehead atoms. The van der Waals surface area contributed by atoms with Gasteiger partial charge in [0.15, 0.2) is 0 Å². The average molecular weight is 304 g/mol. The van der Waals surface area contributed by atoms with Crippen LogP contribution in [0.5, 0.6) is 11.5 Å². The van der Waals surface area contributed by atoms with E-state index in [1.807, 2.05) is 24.3 Å². The summed E-state index contributed by atoms with van der Waals surface area (Å²) in [6.45, 7) is 4.20. The summed E-state index contributed by atoms with van der Waals surface area (Å²) < 4.78 is 0. The van der Waals surface area contributed by atoms with Gasteiger partial charge in [0.25, 0.3) is 0 Å². The van der Waals surface area contributed by atoms with Crippen LogP contribution in [0.25, 0.3) is 0 Å². The third-order valence-corrected chi connectivity index (χ3v) is 4.20. The lowest BCUT2D eigenvalue weighted by molar-refractivity contribution is 0.475. The number of benzene rings is 3. The molecule has 0 fully saturated rings. The molecule has 0 unspecified atom stereocenters. The summed E-state index contributed by atoms with van der Waals surface area (Å²) in [5, 5.41) is 19.2. The van der Waals surface area contributed by atoms with Crippen molar-refractivity contribution in [1.82, 2.24) is 0 Å². The number of phenolic OH excluding ortho intramolecular Hbond substituents is 2. The summed E-state index contributed by atoms with van der Waals surface area (Å²) in [6.07, 6.45) is 0. The van der Waals surface area contributed by atoms with Gasteiger partial charge in [0.05, 0.1) is 0 Å². The summed E-state index contributed by atoms with van der Waals surface area (Å²) in [5.41, 5.74) is 5.90. The van der Waals surface area contributed by atoms with Gasteiger partial charge >= 0.3 is 0 Å². The molecule has 2 N–H and O–H groups in total. The van der Waals surface area contributed by atoms with Gasteiger partial charge in [-0.25, -0.2) is 0 Å². The SMILES string of the molecule is Cc1ccc(C)c(C(c2ccc(O)cc2)c2ccc(O)cc2)c1. The molecule has 0 aliphatic rings. The van der Waals surface area contributed by atoms with Gasteiger partial charge in [0.2, 0.25) is 0 Å². The first kappa shape index (κ1) is 15.2. The summed E-state index contributed by atoms with van der Waals surface area (Å²) >= 11 is 0. The Balaban J connectivity index is 2.18. The Labute approximate surface area is 136 Å². The minimum Gasteiger partial charge on any atom is -0.508 e. The summed E-state index contributed by atoms with van der Waals surface area (Å²) in [7, 11) is 0. The van der Waals surface area contributed by atoms with Crippen molar-refractivity contribution in [2.45, 2.75) is 19.8 Å². The lowest BCUT2D eigenvalue weighted by Crippen LogP contribution is -2.05. The predicted octanol–water partition coefficient (Wildman–Crippen LogP) is 4.89. The molecule has 0 aliphatic carbocycles. The van der Waals surface area contributed by atoms with Crippen LogP contribution in [0.1, 0.15) is 33.7 Å². The summed E-state index contributed by atoms with van der Waals surface area (Å²) in [6, 6.07) is 21.1. The van der Waals surface area contributed by atoms with Gasteiger partial charge in [0, 0.05) is 5.92 Å². The van der Waals surface area contributed by atoms with Gasteiger partial charge in [0.1, 0.15) is 11.5 Å². The van der Waals surface area contributed by atoms with Gasteiger partial charge < -0.3 is 10.2 Å². The van der Waals surface area contributed by atoms with E-state index in [0.717, 1.165) is 11.1 Å². The second-order valence-corrected chi connectivity index (χ2v) is 5.98. The van der Waals surface area contributed by atoms with E-state index >= 15 is 0 Å². The molecule has 0 amide bonds. The molecule has 116 valence electrons. The van der Waals surface area contributed by atoms with E-state index in [1.54, 1.807) is 24.3 Å². The molecule has 0 heterocycles. The number of aromatic hydroxyl groups is 2. The maximum Gasteiger partial charge on any atom is 0.115 e. The molecule has 23 heavy (non-hydrogen) atoms. The maximum atomic E-state index is 9.58. The topological polar surface area (TPSA) is 40.5 Å². The van der Waals surface area contributed by atoms with Crippen LogP contribution in [-0.2, 0) is 0 Å². The molecule has 3 aromatic carbocycles. The van der Waals surface area contributed by atoms with Crippen molar-refractivity contribution in [2.75, 3.05) is 0 Å². The van der Waals surface area contributed by atoms with Crippen LogP contribution in [0, 0.1) is 13.8 Å². The molecule has 0 aromatic heterocycles. The highest BCUT2D eigenvalue weighted by atomic mass is 16.3. The van der Waals surface area contributed by atoms with Crippen LogP contribution in [0.2, 0.25) is 0 Å². The van der Waals surface area contributed by atoms with Crippen molar-refractivity contribution in [1.29, 1.82) is 0 Å². The first-order chi connectivity index (χ1) is 11.0. The third kappa shape index (κ3) is 3.21. The van der Waals surface area contributed by atoms with Crippen LogP contribution in [0.15, 0.2) is 66.7 Å². The number of aryl methyl sites for hydroxylation is 2. The van der Waals surface area contributed by atoms with Crippen LogP contribution in [0.3, 0.4) is 0 Å². The van der Waals surface area contributed by atoms with E-state index in [4.69, 9.17) is 0 Å². The van der Waals surface area contributed by atoms with Crippen LogP contribution < -0.4 is 0 Å². The first-order valence-corrected chi connectivity index (χ1v) is 7.69. The number of hydrogen-bond acceptors (Lipinski definition) is 2. The highest BCUT2D eigenvalue weighted by Gasteiger charge is 2.19. The van der Waals surface area contributed by atoms with Crippen molar-refractivity contribution < 1.29 is 10.2 Å². The Morgan fingerprint density at radius 1 is 0.652 bits per heavy atom. The first-order valence-electron chi connectivity index (χ1n) is 7.69. The summed E-state index contributed by atoms with van der Waals surface area (Å²) in [5.74, 6) is 0.592. The highest BCUT2D eigenvalue weighted by Crippen LogP contribution is 2.35. The van der Waals surface area contributed by atoms with E-state index in [0.29, 0.717) is 0 Å².